The van der Waals surface area contributed by atoms with Gasteiger partial charge in [0, 0.05) is 5.56 Å². The van der Waals surface area contributed by atoms with Gasteiger partial charge in [-0.15, -0.1) is 10.2 Å². The van der Waals surface area contributed by atoms with Crippen LogP contribution in [0.25, 0.3) is 10.9 Å². The molecule has 0 saturated carbocycles. The van der Waals surface area contributed by atoms with E-state index in [0.29, 0.717) is 31.8 Å². The molecule has 0 aliphatic heterocycles. The van der Waals surface area contributed by atoms with Crippen molar-refractivity contribution < 1.29 is 4.79 Å². The largest absolute Gasteiger partial charge is 0.309 e. The number of rotatable bonds is 5. The summed E-state index contributed by atoms with van der Waals surface area (Å²) in [6, 6.07) is 16.1. The summed E-state index contributed by atoms with van der Waals surface area (Å²) in [5, 5.41) is 11.7. The molecule has 2 aromatic heterocycles. The number of fused-ring (bicyclic) bond motifs is 1. The van der Waals surface area contributed by atoms with Crippen molar-refractivity contribution in [2.75, 3.05) is 5.32 Å². The van der Waals surface area contributed by atoms with Gasteiger partial charge in [-0.2, -0.15) is 0 Å². The van der Waals surface area contributed by atoms with Crippen molar-refractivity contribution in [3.8, 4) is 0 Å². The molecule has 2 N–H and O–H groups in total. The predicted octanol–water partition coefficient (Wildman–Crippen LogP) is 3.88. The number of hydrogen-bond donors (Lipinski definition) is 2. The molecule has 0 bridgehead atoms. The summed E-state index contributed by atoms with van der Waals surface area (Å²) in [5.41, 5.74) is 1.04. The molecule has 7 nitrogen and oxygen atoms in total. The predicted molar refractivity (Wildman–Crippen MR) is 111 cm³/mol. The Morgan fingerprint density at radius 2 is 1.86 bits per heavy atom. The van der Waals surface area contributed by atoms with E-state index in [0.717, 1.165) is 0 Å². The van der Waals surface area contributed by atoms with Crippen LogP contribution in [0.15, 0.2) is 63.7 Å². The third kappa shape index (κ3) is 3.95. The number of benzene rings is 2. The molecule has 0 radical (unpaired) electrons. The Morgan fingerprint density at radius 1 is 1.11 bits per heavy atom. The number of anilines is 1. The topological polar surface area (TPSA) is 101 Å². The molecule has 0 aliphatic carbocycles. The molecule has 4 aromatic rings. The lowest BCUT2D eigenvalue weighted by Gasteiger charge is -2.08. The molecule has 0 aliphatic rings. The molecule has 9 heteroatoms. The second kappa shape index (κ2) is 7.91. The van der Waals surface area contributed by atoms with Crippen LogP contribution >= 0.6 is 23.1 Å². The molecular formula is C19H15N5O2S2. The summed E-state index contributed by atoms with van der Waals surface area (Å²) < 4.78 is 0.673. The maximum atomic E-state index is 12.2. The Hall–Kier alpha value is -3.04. The van der Waals surface area contributed by atoms with E-state index in [1.165, 1.54) is 23.1 Å². The molecule has 0 fully saturated rings. The van der Waals surface area contributed by atoms with E-state index in [4.69, 9.17) is 0 Å². The Balaban J connectivity index is 1.48. The number of nitrogens with zero attached hydrogens (tertiary/aromatic N) is 3. The second-order valence-corrected chi connectivity index (χ2v) is 8.49. The molecule has 1 amide bonds. The standard InChI is InChI=1S/C19H15N5O2S2/c1-11(15-20-14-10-6-5-9-13(14)17(26)21-15)27-19-24-23-18(28-19)22-16(25)12-7-3-2-4-8-12/h2-11H,1H3,(H,20,21,26)(H,22,23,25). The van der Waals surface area contributed by atoms with E-state index in [1.807, 2.05) is 31.2 Å². The molecule has 2 aromatic carbocycles. The summed E-state index contributed by atoms with van der Waals surface area (Å²) in [6.07, 6.45) is 0. The van der Waals surface area contributed by atoms with Crippen molar-refractivity contribution in [3.63, 3.8) is 0 Å². The number of H-pyrrole nitrogens is 1. The number of nitrogens with one attached hydrogen (secondary N) is 2. The average Bonchev–Trinajstić information content (AvgIpc) is 3.15. The quantitative estimate of drug-likeness (QED) is 0.383. The Labute approximate surface area is 168 Å². The minimum Gasteiger partial charge on any atom is -0.309 e. The van der Waals surface area contributed by atoms with Gasteiger partial charge in [0.25, 0.3) is 11.5 Å². The van der Waals surface area contributed by atoms with Crippen molar-refractivity contribution in [2.45, 2.75) is 16.5 Å². The fourth-order valence-electron chi connectivity index (χ4n) is 2.57. The third-order valence-electron chi connectivity index (χ3n) is 3.96. The lowest BCUT2D eigenvalue weighted by atomic mass is 10.2. The van der Waals surface area contributed by atoms with Gasteiger partial charge in [-0.1, -0.05) is 53.4 Å². The minimum atomic E-state index is -0.234. The van der Waals surface area contributed by atoms with Crippen LogP contribution < -0.4 is 10.9 Å². The zero-order chi connectivity index (χ0) is 19.5. The average molecular weight is 409 g/mol. The van der Waals surface area contributed by atoms with Crippen LogP contribution in [0.4, 0.5) is 5.13 Å². The maximum absolute atomic E-state index is 12.2. The van der Waals surface area contributed by atoms with Crippen LogP contribution in [0, 0.1) is 0 Å². The van der Waals surface area contributed by atoms with E-state index >= 15 is 0 Å². The molecular weight excluding hydrogens is 394 g/mol. The molecule has 1 atom stereocenters. The lowest BCUT2D eigenvalue weighted by molar-refractivity contribution is 0.102. The highest BCUT2D eigenvalue weighted by atomic mass is 32.2. The molecule has 1 unspecified atom stereocenters. The number of aromatic nitrogens is 4. The lowest BCUT2D eigenvalue weighted by Crippen LogP contribution is -2.12. The molecule has 0 spiro atoms. The van der Waals surface area contributed by atoms with Crippen molar-refractivity contribution in [3.05, 3.63) is 76.3 Å². The van der Waals surface area contributed by atoms with Gasteiger partial charge in [0.1, 0.15) is 5.82 Å². The van der Waals surface area contributed by atoms with E-state index in [2.05, 4.69) is 25.5 Å². The van der Waals surface area contributed by atoms with Gasteiger partial charge in [-0.3, -0.25) is 14.9 Å². The molecule has 0 saturated heterocycles. The van der Waals surface area contributed by atoms with Crippen LogP contribution in [-0.2, 0) is 0 Å². The highest BCUT2D eigenvalue weighted by Crippen LogP contribution is 2.36. The summed E-state index contributed by atoms with van der Waals surface area (Å²) in [4.78, 5) is 31.8. The second-order valence-electron chi connectivity index (χ2n) is 5.92. The fourth-order valence-corrected chi connectivity index (χ4v) is 4.52. The molecule has 4 rings (SSSR count). The number of para-hydroxylation sites is 1. The normalized spacial score (nSPS) is 12.0. The van der Waals surface area contributed by atoms with Gasteiger partial charge in [-0.25, -0.2) is 4.98 Å². The first-order valence-electron chi connectivity index (χ1n) is 8.45. The smallest absolute Gasteiger partial charge is 0.258 e. The van der Waals surface area contributed by atoms with Crippen molar-refractivity contribution in [1.82, 2.24) is 20.2 Å². The zero-order valence-electron chi connectivity index (χ0n) is 14.7. The summed E-state index contributed by atoms with van der Waals surface area (Å²) in [5.74, 6) is 0.334. The van der Waals surface area contributed by atoms with Gasteiger partial charge in [0.05, 0.1) is 16.2 Å². The Morgan fingerprint density at radius 3 is 2.68 bits per heavy atom. The van der Waals surface area contributed by atoms with Crippen LogP contribution in [-0.4, -0.2) is 26.1 Å². The van der Waals surface area contributed by atoms with Gasteiger partial charge in [0.2, 0.25) is 5.13 Å². The number of thioether (sulfide) groups is 1. The van der Waals surface area contributed by atoms with Crippen LogP contribution in [0.5, 0.6) is 0 Å². The van der Waals surface area contributed by atoms with Gasteiger partial charge in [-0.05, 0) is 31.2 Å². The van der Waals surface area contributed by atoms with Crippen molar-refractivity contribution in [2.24, 2.45) is 0 Å². The zero-order valence-corrected chi connectivity index (χ0v) is 16.4. The number of hydrogen-bond acceptors (Lipinski definition) is 7. The highest BCUT2D eigenvalue weighted by Gasteiger charge is 2.16. The van der Waals surface area contributed by atoms with E-state index < -0.39 is 0 Å². The molecule has 140 valence electrons. The van der Waals surface area contributed by atoms with Crippen molar-refractivity contribution >= 4 is 45.0 Å². The first-order valence-corrected chi connectivity index (χ1v) is 10.2. The van der Waals surface area contributed by atoms with Gasteiger partial charge in [0.15, 0.2) is 4.34 Å². The number of aromatic amines is 1. The number of carbonyl (C=O) groups excluding carboxylic acids is 1. The monoisotopic (exact) mass is 409 g/mol. The first-order chi connectivity index (χ1) is 13.6. The Bertz CT molecular complexity index is 1190. The number of amides is 1. The SMILES string of the molecule is CC(Sc1nnc(NC(=O)c2ccccc2)s1)c1nc2ccccc2c(=O)[nH]1. The fraction of sp³-hybridized carbons (Fsp3) is 0.105. The summed E-state index contributed by atoms with van der Waals surface area (Å²) >= 11 is 2.69. The van der Waals surface area contributed by atoms with E-state index in [-0.39, 0.29) is 16.7 Å². The van der Waals surface area contributed by atoms with Gasteiger partial charge < -0.3 is 4.98 Å². The van der Waals surface area contributed by atoms with Gasteiger partial charge >= 0.3 is 0 Å². The molecule has 28 heavy (non-hydrogen) atoms. The Kier molecular flexibility index (Phi) is 5.18. The van der Waals surface area contributed by atoms with E-state index in [1.54, 1.807) is 30.3 Å². The summed E-state index contributed by atoms with van der Waals surface area (Å²) in [7, 11) is 0. The highest BCUT2D eigenvalue weighted by molar-refractivity contribution is 8.01. The minimum absolute atomic E-state index is 0.136. The summed E-state index contributed by atoms with van der Waals surface area (Å²) in [6.45, 7) is 1.93. The van der Waals surface area contributed by atoms with Crippen LogP contribution in [0.3, 0.4) is 0 Å². The van der Waals surface area contributed by atoms with Crippen LogP contribution in [0.2, 0.25) is 0 Å². The van der Waals surface area contributed by atoms with Crippen LogP contribution in [0.1, 0.15) is 28.4 Å². The first kappa shape index (κ1) is 18.3. The molecule has 2 heterocycles. The van der Waals surface area contributed by atoms with E-state index in [9.17, 15) is 9.59 Å². The number of carbonyl (C=O) groups is 1. The maximum Gasteiger partial charge on any atom is 0.258 e. The van der Waals surface area contributed by atoms with Crippen molar-refractivity contribution in [1.29, 1.82) is 0 Å². The third-order valence-corrected chi connectivity index (χ3v) is 5.99.